The zero-order chi connectivity index (χ0) is 18.4. The molecule has 0 radical (unpaired) electrons. The lowest BCUT2D eigenvalue weighted by Gasteiger charge is -2.16. The fourth-order valence-corrected chi connectivity index (χ4v) is 2.93. The van der Waals surface area contributed by atoms with Crippen LogP contribution in [-0.4, -0.2) is 4.92 Å². The third-order valence-electron chi connectivity index (χ3n) is 3.98. The number of ether oxygens (including phenoxy) is 1. The Labute approximate surface area is 150 Å². The number of hydrogen-bond donors (Lipinski definition) is 0. The summed E-state index contributed by atoms with van der Waals surface area (Å²) in [6, 6.07) is 12.9. The van der Waals surface area contributed by atoms with Crippen LogP contribution in [0.2, 0.25) is 0 Å². The normalized spacial score (nSPS) is 11.1. The number of rotatable bonds is 8. The van der Waals surface area contributed by atoms with Gasteiger partial charge < -0.3 is 4.74 Å². The van der Waals surface area contributed by atoms with Crippen LogP contribution in [0.3, 0.4) is 0 Å². The van der Waals surface area contributed by atoms with E-state index in [2.05, 4.69) is 45.9 Å². The van der Waals surface area contributed by atoms with Gasteiger partial charge >= 0.3 is 5.69 Å². The zero-order valence-corrected chi connectivity index (χ0v) is 15.5. The monoisotopic (exact) mass is 341 g/mol. The molecule has 0 bridgehead atoms. The van der Waals surface area contributed by atoms with Crippen LogP contribution in [-0.2, 0) is 19.4 Å². The van der Waals surface area contributed by atoms with Crippen LogP contribution in [0.1, 0.15) is 44.4 Å². The highest BCUT2D eigenvalue weighted by Crippen LogP contribution is 2.27. The molecule has 2 rings (SSSR count). The van der Waals surface area contributed by atoms with Gasteiger partial charge in [0.25, 0.3) is 0 Å². The molecule has 0 atom stereocenters. The predicted octanol–water partition coefficient (Wildman–Crippen LogP) is 5.57. The second kappa shape index (κ2) is 8.65. The summed E-state index contributed by atoms with van der Waals surface area (Å²) in [4.78, 5) is 10.7. The van der Waals surface area contributed by atoms with Gasteiger partial charge in [0.2, 0.25) is 0 Å². The van der Waals surface area contributed by atoms with E-state index in [4.69, 9.17) is 4.74 Å². The summed E-state index contributed by atoms with van der Waals surface area (Å²) in [6.45, 7) is 9.22. The first kappa shape index (κ1) is 19.0. The van der Waals surface area contributed by atoms with Crippen molar-refractivity contribution in [2.75, 3.05) is 0 Å². The van der Waals surface area contributed by atoms with Crippen molar-refractivity contribution < 1.29 is 9.66 Å². The third kappa shape index (κ3) is 5.59. The summed E-state index contributed by atoms with van der Waals surface area (Å²) >= 11 is 0. The first-order valence-corrected chi connectivity index (χ1v) is 8.83. The summed E-state index contributed by atoms with van der Waals surface area (Å²) in [5, 5.41) is 11.1. The minimum Gasteiger partial charge on any atom is -0.482 e. The van der Waals surface area contributed by atoms with E-state index in [0.717, 1.165) is 18.4 Å². The minimum atomic E-state index is -0.411. The number of nitrogens with zero attached hydrogens (tertiary/aromatic N) is 1. The fraction of sp³-hybridized carbons (Fsp3) is 0.429. The average Bonchev–Trinajstić information content (AvgIpc) is 2.54. The summed E-state index contributed by atoms with van der Waals surface area (Å²) in [5.41, 5.74) is 3.79. The van der Waals surface area contributed by atoms with E-state index in [-0.39, 0.29) is 5.69 Å². The molecular formula is C21H27NO3. The second-order valence-corrected chi connectivity index (χ2v) is 7.31. The Balaban J connectivity index is 2.18. The van der Waals surface area contributed by atoms with E-state index in [9.17, 15) is 10.1 Å². The molecular weight excluding hydrogens is 314 g/mol. The van der Waals surface area contributed by atoms with Crippen LogP contribution in [0.25, 0.3) is 0 Å². The van der Waals surface area contributed by atoms with Crippen LogP contribution in [0.4, 0.5) is 5.69 Å². The van der Waals surface area contributed by atoms with Gasteiger partial charge in [-0.25, -0.2) is 0 Å². The van der Waals surface area contributed by atoms with E-state index in [1.165, 1.54) is 17.2 Å². The molecule has 0 amide bonds. The molecule has 0 aliphatic heterocycles. The Morgan fingerprint density at radius 2 is 1.60 bits per heavy atom. The van der Waals surface area contributed by atoms with E-state index in [1.54, 1.807) is 18.2 Å². The molecule has 0 spiro atoms. The largest absolute Gasteiger partial charge is 0.482 e. The maximum atomic E-state index is 11.1. The fourth-order valence-electron chi connectivity index (χ4n) is 2.93. The molecule has 0 saturated carbocycles. The van der Waals surface area contributed by atoms with Crippen molar-refractivity contribution in [3.63, 3.8) is 0 Å². The Hall–Kier alpha value is -2.36. The van der Waals surface area contributed by atoms with Crippen LogP contribution in [0.15, 0.2) is 42.5 Å². The van der Waals surface area contributed by atoms with Crippen LogP contribution >= 0.6 is 0 Å². The SMILES string of the molecule is CC(C)Cc1ccc(COc2ccccc2[N+](=O)[O-])cc1CC(C)C. The quantitative estimate of drug-likeness (QED) is 0.466. The van der Waals surface area contributed by atoms with E-state index in [0.29, 0.717) is 24.2 Å². The maximum Gasteiger partial charge on any atom is 0.310 e. The molecule has 4 nitrogen and oxygen atoms in total. The maximum absolute atomic E-state index is 11.1. The predicted molar refractivity (Wildman–Crippen MR) is 101 cm³/mol. The zero-order valence-electron chi connectivity index (χ0n) is 15.5. The Kier molecular flexibility index (Phi) is 6.57. The van der Waals surface area contributed by atoms with Crippen LogP contribution in [0.5, 0.6) is 5.75 Å². The van der Waals surface area contributed by atoms with Crippen molar-refractivity contribution in [1.82, 2.24) is 0 Å². The molecule has 0 fully saturated rings. The molecule has 0 unspecified atom stereocenters. The minimum absolute atomic E-state index is 0.00123. The summed E-state index contributed by atoms with van der Waals surface area (Å²) in [5.74, 6) is 1.50. The summed E-state index contributed by atoms with van der Waals surface area (Å²) < 4.78 is 5.72. The van der Waals surface area contributed by atoms with Crippen molar-refractivity contribution in [1.29, 1.82) is 0 Å². The molecule has 0 aliphatic rings. The van der Waals surface area contributed by atoms with Gasteiger partial charge in [-0.05, 0) is 47.4 Å². The molecule has 4 heteroatoms. The summed E-state index contributed by atoms with van der Waals surface area (Å²) in [6.07, 6.45) is 2.09. The van der Waals surface area contributed by atoms with Gasteiger partial charge in [0.15, 0.2) is 5.75 Å². The molecule has 0 aliphatic carbocycles. The highest BCUT2D eigenvalue weighted by Gasteiger charge is 2.14. The van der Waals surface area contributed by atoms with Gasteiger partial charge in [0.05, 0.1) is 4.92 Å². The van der Waals surface area contributed by atoms with Gasteiger partial charge in [0.1, 0.15) is 6.61 Å². The van der Waals surface area contributed by atoms with Gasteiger partial charge in [0, 0.05) is 6.07 Å². The van der Waals surface area contributed by atoms with Crippen molar-refractivity contribution in [2.45, 2.75) is 47.1 Å². The Bertz CT molecular complexity index is 723. The number of nitro groups is 1. The standard InChI is InChI=1S/C21H27NO3/c1-15(2)11-18-10-9-17(13-19(18)12-16(3)4)14-25-21-8-6-5-7-20(21)22(23)24/h5-10,13,15-16H,11-12,14H2,1-4H3. The number of para-hydroxylation sites is 2. The first-order valence-electron chi connectivity index (χ1n) is 8.83. The van der Waals surface area contributed by atoms with Crippen LogP contribution in [0, 0.1) is 22.0 Å². The molecule has 0 saturated heterocycles. The first-order chi connectivity index (χ1) is 11.9. The van der Waals surface area contributed by atoms with E-state index in [1.807, 2.05) is 0 Å². The lowest BCUT2D eigenvalue weighted by molar-refractivity contribution is -0.385. The Morgan fingerprint density at radius 1 is 0.960 bits per heavy atom. The highest BCUT2D eigenvalue weighted by atomic mass is 16.6. The van der Waals surface area contributed by atoms with Gasteiger partial charge in [-0.15, -0.1) is 0 Å². The number of hydrogen-bond acceptors (Lipinski definition) is 3. The summed E-state index contributed by atoms with van der Waals surface area (Å²) in [7, 11) is 0. The van der Waals surface area contributed by atoms with E-state index < -0.39 is 4.92 Å². The highest BCUT2D eigenvalue weighted by molar-refractivity contribution is 5.45. The molecule has 134 valence electrons. The van der Waals surface area contributed by atoms with Crippen molar-refractivity contribution in [3.05, 3.63) is 69.3 Å². The van der Waals surface area contributed by atoms with Gasteiger partial charge in [-0.3, -0.25) is 10.1 Å². The average molecular weight is 341 g/mol. The van der Waals surface area contributed by atoms with Gasteiger partial charge in [-0.2, -0.15) is 0 Å². The third-order valence-corrected chi connectivity index (χ3v) is 3.98. The lowest BCUT2D eigenvalue weighted by Crippen LogP contribution is -2.05. The van der Waals surface area contributed by atoms with Crippen molar-refractivity contribution in [3.8, 4) is 5.75 Å². The topological polar surface area (TPSA) is 52.4 Å². The number of benzene rings is 2. The van der Waals surface area contributed by atoms with Crippen molar-refractivity contribution >= 4 is 5.69 Å². The number of nitro benzene ring substituents is 1. The van der Waals surface area contributed by atoms with Crippen molar-refractivity contribution in [2.24, 2.45) is 11.8 Å². The molecule has 0 heterocycles. The van der Waals surface area contributed by atoms with Gasteiger partial charge in [-0.1, -0.05) is 58.0 Å². The molecule has 2 aromatic carbocycles. The second-order valence-electron chi connectivity index (χ2n) is 7.31. The van der Waals surface area contributed by atoms with Crippen LogP contribution < -0.4 is 4.74 Å². The smallest absolute Gasteiger partial charge is 0.310 e. The van der Waals surface area contributed by atoms with E-state index >= 15 is 0 Å². The molecule has 0 aromatic heterocycles. The molecule has 2 aromatic rings. The lowest BCUT2D eigenvalue weighted by atomic mass is 9.91. The molecule has 25 heavy (non-hydrogen) atoms. The Morgan fingerprint density at radius 3 is 2.24 bits per heavy atom. The molecule has 0 N–H and O–H groups in total.